The Morgan fingerprint density at radius 3 is 2.20 bits per heavy atom. The lowest BCUT2D eigenvalue weighted by molar-refractivity contribution is 0.627. The Hall–Kier alpha value is -1.25. The smallest absolute Gasteiger partial charge is 0.126 e. The number of rotatable bonds is 4. The summed E-state index contributed by atoms with van der Waals surface area (Å²) >= 11 is 12.2. The van der Waals surface area contributed by atoms with Crippen LogP contribution in [0.2, 0.25) is 10.0 Å². The quantitative estimate of drug-likeness (QED) is 0.764. The fourth-order valence-electron chi connectivity index (χ4n) is 2.40. The van der Waals surface area contributed by atoms with Crippen LogP contribution in [0.15, 0.2) is 42.5 Å². The summed E-state index contributed by atoms with van der Waals surface area (Å²) in [6, 6.07) is 12.9. The minimum absolute atomic E-state index is 0.164. The standard InChI is InChI=1S/C16H14Cl2FN/c17-13-8-12(19)9-14(18)16(13)20-15(11-6-7-11)10-4-2-1-3-5-10/h1-5,8-9,11,15,20H,6-7H2. The van der Waals surface area contributed by atoms with Gasteiger partial charge in [0.05, 0.1) is 21.8 Å². The zero-order chi connectivity index (χ0) is 14.1. The molecule has 2 aromatic carbocycles. The minimum Gasteiger partial charge on any atom is -0.376 e. The van der Waals surface area contributed by atoms with Crippen LogP contribution in [-0.2, 0) is 0 Å². The molecule has 0 heterocycles. The van der Waals surface area contributed by atoms with Crippen molar-refractivity contribution in [3.63, 3.8) is 0 Å². The second-order valence-corrected chi connectivity index (χ2v) is 5.93. The number of hydrogen-bond acceptors (Lipinski definition) is 1. The maximum atomic E-state index is 13.2. The summed E-state index contributed by atoms with van der Waals surface area (Å²) in [5.74, 6) is 0.155. The predicted molar refractivity (Wildman–Crippen MR) is 81.9 cm³/mol. The molecule has 0 aromatic heterocycles. The maximum absolute atomic E-state index is 13.2. The molecule has 104 valence electrons. The Kier molecular flexibility index (Phi) is 3.86. The van der Waals surface area contributed by atoms with Gasteiger partial charge in [-0.3, -0.25) is 0 Å². The van der Waals surface area contributed by atoms with Crippen LogP contribution in [0.25, 0.3) is 0 Å². The van der Waals surface area contributed by atoms with Gasteiger partial charge in [0.2, 0.25) is 0 Å². The third kappa shape index (κ3) is 2.92. The molecule has 1 atom stereocenters. The summed E-state index contributed by atoms with van der Waals surface area (Å²) in [5, 5.41) is 4.02. The third-order valence-electron chi connectivity index (χ3n) is 3.56. The Morgan fingerprint density at radius 2 is 1.65 bits per heavy atom. The molecule has 1 aliphatic rings. The van der Waals surface area contributed by atoms with Crippen LogP contribution in [0, 0.1) is 11.7 Å². The zero-order valence-corrected chi connectivity index (χ0v) is 12.3. The van der Waals surface area contributed by atoms with Crippen LogP contribution < -0.4 is 5.32 Å². The highest BCUT2D eigenvalue weighted by molar-refractivity contribution is 6.39. The van der Waals surface area contributed by atoms with Gasteiger partial charge in [-0.2, -0.15) is 0 Å². The molecule has 1 aliphatic carbocycles. The first-order valence-electron chi connectivity index (χ1n) is 6.61. The molecule has 0 radical (unpaired) electrons. The number of halogens is 3. The van der Waals surface area contributed by atoms with Crippen LogP contribution >= 0.6 is 23.2 Å². The van der Waals surface area contributed by atoms with E-state index in [1.165, 1.54) is 30.5 Å². The van der Waals surface area contributed by atoms with Gasteiger partial charge in [0.1, 0.15) is 5.82 Å². The molecule has 1 N–H and O–H groups in total. The van der Waals surface area contributed by atoms with E-state index in [0.717, 1.165) is 0 Å². The molecular weight excluding hydrogens is 296 g/mol. The summed E-state index contributed by atoms with van der Waals surface area (Å²) in [4.78, 5) is 0. The summed E-state index contributed by atoms with van der Waals surface area (Å²) < 4.78 is 13.2. The highest BCUT2D eigenvalue weighted by Crippen LogP contribution is 2.45. The van der Waals surface area contributed by atoms with Crippen molar-refractivity contribution in [3.05, 3.63) is 63.9 Å². The van der Waals surface area contributed by atoms with E-state index in [4.69, 9.17) is 23.2 Å². The van der Waals surface area contributed by atoms with Crippen molar-refractivity contribution >= 4 is 28.9 Å². The summed E-state index contributed by atoms with van der Waals surface area (Å²) in [6.45, 7) is 0. The number of benzene rings is 2. The summed E-state index contributed by atoms with van der Waals surface area (Å²) in [7, 11) is 0. The van der Waals surface area contributed by atoms with Crippen molar-refractivity contribution in [3.8, 4) is 0 Å². The molecule has 0 amide bonds. The van der Waals surface area contributed by atoms with Crippen LogP contribution in [0.5, 0.6) is 0 Å². The van der Waals surface area contributed by atoms with Gasteiger partial charge >= 0.3 is 0 Å². The van der Waals surface area contributed by atoms with Gasteiger partial charge in [0.25, 0.3) is 0 Å². The van der Waals surface area contributed by atoms with Crippen LogP contribution in [0.4, 0.5) is 10.1 Å². The van der Waals surface area contributed by atoms with Crippen molar-refractivity contribution in [2.75, 3.05) is 5.32 Å². The number of hydrogen-bond donors (Lipinski definition) is 1. The van der Waals surface area contributed by atoms with Gasteiger partial charge in [0, 0.05) is 0 Å². The van der Waals surface area contributed by atoms with E-state index in [2.05, 4.69) is 17.4 Å². The highest BCUT2D eigenvalue weighted by Gasteiger charge is 2.33. The molecule has 1 unspecified atom stereocenters. The van der Waals surface area contributed by atoms with E-state index in [1.807, 2.05) is 18.2 Å². The second-order valence-electron chi connectivity index (χ2n) is 5.11. The number of nitrogens with one attached hydrogen (secondary N) is 1. The Bertz CT molecular complexity index is 588. The van der Waals surface area contributed by atoms with Crippen molar-refractivity contribution in [1.29, 1.82) is 0 Å². The van der Waals surface area contributed by atoms with E-state index in [0.29, 0.717) is 21.7 Å². The van der Waals surface area contributed by atoms with E-state index >= 15 is 0 Å². The van der Waals surface area contributed by atoms with Crippen molar-refractivity contribution in [2.45, 2.75) is 18.9 Å². The molecule has 1 saturated carbocycles. The summed E-state index contributed by atoms with van der Waals surface area (Å²) in [6.07, 6.45) is 2.37. The molecule has 20 heavy (non-hydrogen) atoms. The first-order chi connectivity index (χ1) is 9.65. The Labute approximate surface area is 127 Å². The molecule has 1 nitrogen and oxygen atoms in total. The van der Waals surface area contributed by atoms with E-state index < -0.39 is 5.82 Å². The van der Waals surface area contributed by atoms with E-state index in [-0.39, 0.29) is 6.04 Å². The molecule has 4 heteroatoms. The van der Waals surface area contributed by atoms with Crippen LogP contribution in [0.3, 0.4) is 0 Å². The molecule has 0 saturated heterocycles. The first kappa shape index (κ1) is 13.7. The average molecular weight is 310 g/mol. The normalized spacial score (nSPS) is 15.9. The van der Waals surface area contributed by atoms with Gasteiger partial charge < -0.3 is 5.32 Å². The maximum Gasteiger partial charge on any atom is 0.126 e. The highest BCUT2D eigenvalue weighted by atomic mass is 35.5. The number of anilines is 1. The molecule has 0 bridgehead atoms. The summed E-state index contributed by atoms with van der Waals surface area (Å²) in [5.41, 5.74) is 1.81. The van der Waals surface area contributed by atoms with Gasteiger partial charge in [0.15, 0.2) is 0 Å². The van der Waals surface area contributed by atoms with Gasteiger partial charge in [-0.05, 0) is 36.5 Å². The third-order valence-corrected chi connectivity index (χ3v) is 4.16. The molecule has 0 spiro atoms. The molecule has 2 aromatic rings. The zero-order valence-electron chi connectivity index (χ0n) is 10.7. The van der Waals surface area contributed by atoms with Crippen molar-refractivity contribution in [2.24, 2.45) is 5.92 Å². The Morgan fingerprint density at radius 1 is 1.05 bits per heavy atom. The second kappa shape index (κ2) is 5.63. The van der Waals surface area contributed by atoms with Crippen molar-refractivity contribution < 1.29 is 4.39 Å². The largest absolute Gasteiger partial charge is 0.376 e. The van der Waals surface area contributed by atoms with E-state index in [1.54, 1.807) is 0 Å². The molecular formula is C16H14Cl2FN. The first-order valence-corrected chi connectivity index (χ1v) is 7.37. The molecule has 3 rings (SSSR count). The average Bonchev–Trinajstić information content (AvgIpc) is 3.23. The lowest BCUT2D eigenvalue weighted by Crippen LogP contribution is -2.13. The monoisotopic (exact) mass is 309 g/mol. The van der Waals surface area contributed by atoms with Gasteiger partial charge in [-0.1, -0.05) is 53.5 Å². The Balaban J connectivity index is 1.92. The van der Waals surface area contributed by atoms with Crippen LogP contribution in [0.1, 0.15) is 24.4 Å². The predicted octanol–water partition coefficient (Wildman–Crippen LogP) is 5.70. The fraction of sp³-hybridized carbons (Fsp3) is 0.250. The van der Waals surface area contributed by atoms with Crippen molar-refractivity contribution in [1.82, 2.24) is 0 Å². The van der Waals surface area contributed by atoms with Gasteiger partial charge in [-0.15, -0.1) is 0 Å². The lowest BCUT2D eigenvalue weighted by atomic mass is 10.0. The van der Waals surface area contributed by atoms with Gasteiger partial charge in [-0.25, -0.2) is 4.39 Å². The topological polar surface area (TPSA) is 12.0 Å². The minimum atomic E-state index is -0.423. The van der Waals surface area contributed by atoms with Crippen LogP contribution in [-0.4, -0.2) is 0 Å². The fourth-order valence-corrected chi connectivity index (χ4v) is 2.97. The molecule has 0 aliphatic heterocycles. The molecule has 1 fully saturated rings. The lowest BCUT2D eigenvalue weighted by Gasteiger charge is -2.21. The van der Waals surface area contributed by atoms with E-state index in [9.17, 15) is 4.39 Å². The SMILES string of the molecule is Fc1cc(Cl)c(NC(c2ccccc2)C2CC2)c(Cl)c1.